The summed E-state index contributed by atoms with van der Waals surface area (Å²) in [5.74, 6) is -0.128. The summed E-state index contributed by atoms with van der Waals surface area (Å²) < 4.78 is 9.47. The average molecular weight is 843 g/mol. The zero-order valence-corrected chi connectivity index (χ0v) is 35.9. The van der Waals surface area contributed by atoms with Crippen molar-refractivity contribution in [3.05, 3.63) is 50.9 Å². The first kappa shape index (κ1) is 40.1. The van der Waals surface area contributed by atoms with E-state index in [2.05, 4.69) is 57.9 Å². The van der Waals surface area contributed by atoms with Crippen molar-refractivity contribution in [3.8, 4) is 0 Å². The molecule has 8 nitrogen and oxygen atoms in total. The van der Waals surface area contributed by atoms with Crippen LogP contribution in [0.25, 0.3) is 0 Å². The van der Waals surface area contributed by atoms with Gasteiger partial charge in [0.2, 0.25) is 0 Å². The molecule has 2 aliphatic heterocycles. The first-order valence-corrected chi connectivity index (χ1v) is 23.8. The molecule has 2 saturated carbocycles. The third kappa shape index (κ3) is 6.96. The number of carboxylic acid groups (broad SMARTS) is 1. The molecule has 0 spiro atoms. The molecule has 3 heterocycles. The number of hydrogen-bond acceptors (Lipinski definition) is 6. The van der Waals surface area contributed by atoms with Gasteiger partial charge >= 0.3 is 316 Å². The summed E-state index contributed by atoms with van der Waals surface area (Å²) in [7, 11) is 0. The predicted molar refractivity (Wildman–Crippen MR) is 216 cm³/mol. The number of aromatic nitrogens is 1. The molecular weight excluding hydrogens is 779 g/mol. The van der Waals surface area contributed by atoms with E-state index in [4.69, 9.17) is 4.74 Å². The fourth-order valence-corrected chi connectivity index (χ4v) is 22.2. The summed E-state index contributed by atoms with van der Waals surface area (Å²) in [6, 6.07) is 3.75. The number of carbonyl (C=O) groups is 4. The van der Waals surface area contributed by atoms with Crippen LogP contribution in [-0.4, -0.2) is 48.2 Å². The number of alkyl halides is 2. The van der Waals surface area contributed by atoms with Crippen molar-refractivity contribution in [2.24, 2.45) is 44.8 Å². The average Bonchev–Trinajstić information content (AvgIpc) is 3.37. The molecule has 0 bridgehead atoms. The van der Waals surface area contributed by atoms with Gasteiger partial charge in [0.15, 0.2) is 0 Å². The number of hydrogen-bond donors (Lipinski definition) is 2. The fraction of sp³-hybridized carbons (Fsp3) is 0.705. The van der Waals surface area contributed by atoms with E-state index in [-0.39, 0.29) is 52.1 Å². The van der Waals surface area contributed by atoms with Crippen molar-refractivity contribution in [1.82, 2.24) is 10.3 Å². The molecule has 53 heavy (non-hydrogen) atoms. The number of nitrogens with one attached hydrogen (secondary N) is 1. The number of aliphatic carboxylic acids is 1. The molecule has 9 heteroatoms. The van der Waals surface area contributed by atoms with Crippen LogP contribution in [0, 0.1) is 51.8 Å². The first-order chi connectivity index (χ1) is 24.7. The molecule has 8 unspecified atom stereocenters. The number of esters is 1. The SMILES string of the molecule is Cc1ccc(C(C)NC(=O)/C=C/C23CCC4I(CCC5C4(C)CCC4C(C)(C)C(OC(=O)CC(C)(C)C(=O)O)CCC45C)C2=C(C(C)C)C(=O)C3)nc1. The summed E-state index contributed by atoms with van der Waals surface area (Å²) in [5.41, 5.74) is 1.56. The number of rotatable bonds is 9. The van der Waals surface area contributed by atoms with Gasteiger partial charge in [0.1, 0.15) is 0 Å². The van der Waals surface area contributed by atoms with Gasteiger partial charge in [-0.15, -0.1) is 0 Å². The van der Waals surface area contributed by atoms with Crippen LogP contribution in [0.4, 0.5) is 0 Å². The molecular formula is C44H63IN2O6. The molecule has 6 rings (SSSR count). The van der Waals surface area contributed by atoms with Crippen LogP contribution in [0.5, 0.6) is 0 Å². The number of fused-ring (bicyclic) bond motifs is 7. The maximum absolute atomic E-state index is 13.9. The molecule has 8 atom stereocenters. The van der Waals surface area contributed by atoms with E-state index in [1.807, 2.05) is 32.2 Å². The van der Waals surface area contributed by atoms with Crippen LogP contribution >= 0.6 is 19.8 Å². The molecule has 2 saturated heterocycles. The second-order valence-corrected chi connectivity index (χ2v) is 25.1. The first-order valence-electron chi connectivity index (χ1n) is 19.9. The summed E-state index contributed by atoms with van der Waals surface area (Å²) in [4.78, 5) is 56.6. The van der Waals surface area contributed by atoms with Gasteiger partial charge in [0.05, 0.1) is 0 Å². The number of aryl methyl sites for hydroxylation is 1. The van der Waals surface area contributed by atoms with Gasteiger partial charge in [-0.3, -0.25) is 4.79 Å². The Hall–Kier alpha value is -2.56. The monoisotopic (exact) mass is 842 g/mol. The van der Waals surface area contributed by atoms with Crippen molar-refractivity contribution in [2.45, 2.75) is 143 Å². The van der Waals surface area contributed by atoms with E-state index < -0.39 is 37.2 Å². The predicted octanol–water partition coefficient (Wildman–Crippen LogP) is 9.34. The molecule has 1 aromatic rings. The van der Waals surface area contributed by atoms with E-state index >= 15 is 0 Å². The van der Waals surface area contributed by atoms with Gasteiger partial charge in [-0.05, 0) is 0 Å². The Morgan fingerprint density at radius 2 is 1.72 bits per heavy atom. The van der Waals surface area contributed by atoms with Crippen molar-refractivity contribution >= 4 is 43.4 Å². The topological polar surface area (TPSA) is 123 Å². The number of allylic oxidation sites excluding steroid dienone is 3. The van der Waals surface area contributed by atoms with Crippen LogP contribution < -0.4 is 5.32 Å². The Labute approximate surface area is 324 Å². The Bertz CT molecular complexity index is 1710. The number of ether oxygens (including phenoxy) is 1. The van der Waals surface area contributed by atoms with Gasteiger partial charge in [-0.1, -0.05) is 0 Å². The minimum absolute atomic E-state index is 0.109. The third-order valence-electron chi connectivity index (χ3n) is 14.5. The van der Waals surface area contributed by atoms with Crippen molar-refractivity contribution in [2.75, 3.05) is 4.43 Å². The van der Waals surface area contributed by atoms with Crippen molar-refractivity contribution in [1.29, 1.82) is 0 Å². The number of ketones is 1. The van der Waals surface area contributed by atoms with Crippen molar-refractivity contribution < 1.29 is 29.0 Å². The van der Waals surface area contributed by atoms with Crippen LogP contribution in [0.1, 0.15) is 137 Å². The number of Topliss-reactive ketones (excluding diaryl/α,β-unsaturated/α-hetero) is 1. The number of carbonyl (C=O) groups excluding carboxylic acids is 3. The Morgan fingerprint density at radius 3 is 2.36 bits per heavy atom. The van der Waals surface area contributed by atoms with Crippen LogP contribution in [0.2, 0.25) is 0 Å². The summed E-state index contributed by atoms with van der Waals surface area (Å²) in [6.07, 6.45) is 13.0. The summed E-state index contributed by atoms with van der Waals surface area (Å²) in [6.45, 7) is 21.1. The molecule has 0 radical (unpaired) electrons. The van der Waals surface area contributed by atoms with Gasteiger partial charge < -0.3 is 5.11 Å². The maximum atomic E-state index is 13.9. The van der Waals surface area contributed by atoms with E-state index in [0.29, 0.717) is 28.0 Å². The molecule has 0 aromatic carbocycles. The standard InChI is InChI=1S/C44H63IN2O6/c1-26(2)37-30(48)23-44(21-16-35(49)47-28(4)29-12-11-27(3)25-46-29)20-14-33-43(10)18-13-31-41(7,8)34(53-36(50)24-40(5,6)39(51)52)15-19-42(31,9)32(43)17-22-45(33)38(37)44/h11-12,16,21,25-26,28,31-34H,13-15,17-20,22-24H2,1-10H3,(H,47,49)(H,51,52)/b21-16+. The molecule has 1 aromatic heterocycles. The minimum atomic E-state index is -1.84. The number of carboxylic acids is 1. The zero-order valence-electron chi connectivity index (χ0n) is 33.7. The third-order valence-corrected chi connectivity index (χ3v) is 23.2. The second kappa shape index (κ2) is 14.2. The molecule has 292 valence electrons. The van der Waals surface area contributed by atoms with Crippen LogP contribution in [0.15, 0.2) is 39.6 Å². The fourth-order valence-electron chi connectivity index (χ4n) is 11.7. The van der Waals surface area contributed by atoms with E-state index in [0.717, 1.165) is 55.4 Å². The van der Waals surface area contributed by atoms with Gasteiger partial charge in [0.25, 0.3) is 0 Å². The number of nitrogens with zero attached hydrogens (tertiary/aromatic N) is 1. The number of pyridine rings is 1. The van der Waals surface area contributed by atoms with Gasteiger partial charge in [-0.2, -0.15) is 0 Å². The summed E-state index contributed by atoms with van der Waals surface area (Å²) >= 11 is -1.84. The van der Waals surface area contributed by atoms with Crippen molar-refractivity contribution in [3.63, 3.8) is 0 Å². The quantitative estimate of drug-likeness (QED) is 0.110. The van der Waals surface area contributed by atoms with Crippen LogP contribution in [0.3, 0.4) is 0 Å². The molecule has 2 N–H and O–H groups in total. The Balaban J connectivity index is 1.23. The van der Waals surface area contributed by atoms with E-state index in [1.165, 1.54) is 14.4 Å². The van der Waals surface area contributed by atoms with E-state index in [9.17, 15) is 24.3 Å². The zero-order chi connectivity index (χ0) is 38.9. The van der Waals surface area contributed by atoms with Gasteiger partial charge in [-0.25, -0.2) is 0 Å². The van der Waals surface area contributed by atoms with Crippen LogP contribution in [-0.2, 0) is 23.9 Å². The second-order valence-electron chi connectivity index (χ2n) is 19.2. The Morgan fingerprint density at radius 1 is 1.02 bits per heavy atom. The summed E-state index contributed by atoms with van der Waals surface area (Å²) in [5, 5.41) is 12.7. The molecule has 1 amide bonds. The molecule has 4 fully saturated rings. The number of amides is 1. The number of halogens is 1. The molecule has 5 aliphatic rings. The van der Waals surface area contributed by atoms with E-state index in [1.54, 1.807) is 19.9 Å². The Kier molecular flexibility index (Phi) is 10.7. The molecule has 3 aliphatic carbocycles. The normalized spacial score (nSPS) is 34.9. The van der Waals surface area contributed by atoms with Gasteiger partial charge in [0, 0.05) is 0 Å².